The molecule has 136 valence electrons. The quantitative estimate of drug-likeness (QED) is 0.737. The summed E-state index contributed by atoms with van der Waals surface area (Å²) in [4.78, 5) is 33.0. The Balaban J connectivity index is 1.94. The third-order valence-electron chi connectivity index (χ3n) is 4.31. The molecule has 7 heteroatoms. The lowest BCUT2D eigenvalue weighted by Crippen LogP contribution is -2.32. The van der Waals surface area contributed by atoms with Crippen LogP contribution >= 0.6 is 0 Å². The first kappa shape index (κ1) is 17.9. The predicted octanol–water partition coefficient (Wildman–Crippen LogP) is 2.55. The Bertz CT molecular complexity index is 1030. The molecule has 0 atom stereocenters. The van der Waals surface area contributed by atoms with Crippen LogP contribution in [0.5, 0.6) is 0 Å². The third-order valence-corrected chi connectivity index (χ3v) is 4.31. The van der Waals surface area contributed by atoms with Crippen molar-refractivity contribution in [2.75, 3.05) is 19.0 Å². The summed E-state index contributed by atoms with van der Waals surface area (Å²) in [6.45, 7) is 6.30. The number of carbonyl (C=O) groups is 1. The molecule has 3 rings (SSSR count). The lowest BCUT2D eigenvalue weighted by atomic mass is 10.1. The Labute approximate surface area is 151 Å². The van der Waals surface area contributed by atoms with Crippen LogP contribution in [-0.2, 0) is 11.3 Å². The monoisotopic (exact) mass is 354 g/mol. The van der Waals surface area contributed by atoms with Gasteiger partial charge < -0.3 is 19.6 Å². The fourth-order valence-corrected chi connectivity index (χ4v) is 3.07. The van der Waals surface area contributed by atoms with E-state index in [2.05, 4.69) is 15.3 Å². The van der Waals surface area contributed by atoms with Gasteiger partial charge in [-0.2, -0.15) is 0 Å². The van der Waals surface area contributed by atoms with Crippen molar-refractivity contribution in [2.24, 2.45) is 0 Å². The highest BCUT2D eigenvalue weighted by Crippen LogP contribution is 2.18. The number of rotatable bonds is 5. The van der Waals surface area contributed by atoms with E-state index in [-0.39, 0.29) is 11.1 Å². The van der Waals surface area contributed by atoms with Crippen LogP contribution in [0.15, 0.2) is 29.1 Å². The molecule has 2 heterocycles. The summed E-state index contributed by atoms with van der Waals surface area (Å²) >= 11 is 0. The number of aromatic amines is 1. The van der Waals surface area contributed by atoms with Gasteiger partial charge in [-0.15, -0.1) is 0 Å². The lowest BCUT2D eigenvalue weighted by molar-refractivity contribution is 0.102. The fraction of sp³-hybridized carbons (Fsp3) is 0.316. The van der Waals surface area contributed by atoms with Crippen molar-refractivity contribution >= 4 is 22.6 Å². The summed E-state index contributed by atoms with van der Waals surface area (Å²) in [6.07, 6.45) is 0. The molecule has 2 N–H and O–H groups in total. The first-order valence-corrected chi connectivity index (χ1v) is 8.38. The molecule has 0 spiro atoms. The minimum atomic E-state index is -0.422. The van der Waals surface area contributed by atoms with Gasteiger partial charge in [-0.25, -0.2) is 4.98 Å². The van der Waals surface area contributed by atoms with E-state index in [4.69, 9.17) is 4.74 Å². The molecule has 0 saturated carbocycles. The summed E-state index contributed by atoms with van der Waals surface area (Å²) < 4.78 is 6.62. The van der Waals surface area contributed by atoms with E-state index < -0.39 is 5.91 Å². The largest absolute Gasteiger partial charge is 0.383 e. The number of H-pyrrole nitrogens is 1. The highest BCUT2D eigenvalue weighted by molar-refractivity contribution is 6.05. The predicted molar refractivity (Wildman–Crippen MR) is 101 cm³/mol. The molecule has 0 unspecified atom stereocenters. The van der Waals surface area contributed by atoms with E-state index in [1.54, 1.807) is 30.7 Å². The van der Waals surface area contributed by atoms with Crippen LogP contribution in [0.25, 0.3) is 11.0 Å². The van der Waals surface area contributed by atoms with Crippen LogP contribution in [0, 0.1) is 20.8 Å². The van der Waals surface area contributed by atoms with Crippen LogP contribution in [-0.4, -0.2) is 34.2 Å². The summed E-state index contributed by atoms with van der Waals surface area (Å²) in [6, 6.07) is 7.24. The Hall–Kier alpha value is -2.93. The Morgan fingerprint density at radius 3 is 2.77 bits per heavy atom. The average molecular weight is 354 g/mol. The zero-order chi connectivity index (χ0) is 18.8. The second-order valence-electron chi connectivity index (χ2n) is 6.30. The van der Waals surface area contributed by atoms with Crippen LogP contribution < -0.4 is 10.9 Å². The summed E-state index contributed by atoms with van der Waals surface area (Å²) in [5.74, 6) is 0.383. The smallest absolute Gasteiger partial charge is 0.263 e. The molecular weight excluding hydrogens is 332 g/mol. The number of pyridine rings is 1. The van der Waals surface area contributed by atoms with Crippen molar-refractivity contribution in [3.63, 3.8) is 0 Å². The molecule has 3 aromatic rings. The molecule has 2 aromatic heterocycles. The van der Waals surface area contributed by atoms with E-state index in [1.807, 2.05) is 26.0 Å². The average Bonchev–Trinajstić information content (AvgIpc) is 2.93. The molecule has 0 fully saturated rings. The van der Waals surface area contributed by atoms with Gasteiger partial charge in [0.25, 0.3) is 11.5 Å². The maximum Gasteiger partial charge on any atom is 0.263 e. The van der Waals surface area contributed by atoms with Gasteiger partial charge in [0, 0.05) is 25.0 Å². The zero-order valence-electron chi connectivity index (χ0n) is 15.3. The Morgan fingerprint density at radius 2 is 2.04 bits per heavy atom. The molecule has 1 aromatic carbocycles. The van der Waals surface area contributed by atoms with Crippen molar-refractivity contribution in [1.82, 2.24) is 14.5 Å². The van der Waals surface area contributed by atoms with Gasteiger partial charge >= 0.3 is 0 Å². The Kier molecular flexibility index (Phi) is 4.90. The van der Waals surface area contributed by atoms with Gasteiger partial charge in [0.15, 0.2) is 0 Å². The molecule has 0 aliphatic heterocycles. The van der Waals surface area contributed by atoms with E-state index in [1.165, 1.54) is 0 Å². The van der Waals surface area contributed by atoms with Crippen molar-refractivity contribution in [1.29, 1.82) is 0 Å². The second kappa shape index (κ2) is 7.13. The van der Waals surface area contributed by atoms with E-state index in [9.17, 15) is 9.59 Å². The molecule has 0 bridgehead atoms. The van der Waals surface area contributed by atoms with Crippen LogP contribution in [0.2, 0.25) is 0 Å². The van der Waals surface area contributed by atoms with Crippen molar-refractivity contribution in [2.45, 2.75) is 27.3 Å². The second-order valence-corrected chi connectivity index (χ2v) is 6.30. The van der Waals surface area contributed by atoms with Gasteiger partial charge in [-0.3, -0.25) is 9.59 Å². The minimum absolute atomic E-state index is 0.146. The number of carbonyl (C=O) groups excluding carboxylic acids is 1. The van der Waals surface area contributed by atoms with Gasteiger partial charge in [0.05, 0.1) is 17.6 Å². The van der Waals surface area contributed by atoms with Gasteiger partial charge in [0.1, 0.15) is 11.4 Å². The standard InChI is InChI=1S/C19H22N4O3/c1-11-9-12(2)23(7-8-26-4)19(25)17(11)18(24)22-14-5-6-15-16(10-14)21-13(3)20-15/h5-6,9-10H,7-8H2,1-4H3,(H,20,21)(H,22,24). The van der Waals surface area contributed by atoms with Crippen LogP contribution in [0.4, 0.5) is 5.69 Å². The first-order valence-electron chi connectivity index (χ1n) is 8.38. The van der Waals surface area contributed by atoms with Crippen LogP contribution in [0.1, 0.15) is 27.4 Å². The number of fused-ring (bicyclic) bond motifs is 1. The number of ether oxygens (including phenoxy) is 1. The molecular formula is C19H22N4O3. The molecule has 0 aliphatic rings. The molecule has 7 nitrogen and oxygen atoms in total. The van der Waals surface area contributed by atoms with Crippen molar-refractivity contribution in [3.05, 3.63) is 57.3 Å². The maximum absolute atomic E-state index is 12.8. The summed E-state index contributed by atoms with van der Waals surface area (Å²) in [5.41, 5.74) is 3.55. The maximum atomic E-state index is 12.8. The van der Waals surface area contributed by atoms with Crippen molar-refractivity contribution < 1.29 is 9.53 Å². The molecule has 0 radical (unpaired) electrons. The number of imidazole rings is 1. The van der Waals surface area contributed by atoms with E-state index in [0.717, 1.165) is 22.6 Å². The highest BCUT2D eigenvalue weighted by atomic mass is 16.5. The molecule has 26 heavy (non-hydrogen) atoms. The fourth-order valence-electron chi connectivity index (χ4n) is 3.07. The van der Waals surface area contributed by atoms with Gasteiger partial charge in [-0.05, 0) is 50.6 Å². The number of aromatic nitrogens is 3. The topological polar surface area (TPSA) is 89.0 Å². The number of nitrogens with one attached hydrogen (secondary N) is 2. The minimum Gasteiger partial charge on any atom is -0.383 e. The van der Waals surface area contributed by atoms with Gasteiger partial charge in [-0.1, -0.05) is 0 Å². The van der Waals surface area contributed by atoms with E-state index in [0.29, 0.717) is 24.4 Å². The van der Waals surface area contributed by atoms with Crippen LogP contribution in [0.3, 0.4) is 0 Å². The molecule has 0 aliphatic carbocycles. The number of nitrogens with zero attached hydrogens (tertiary/aromatic N) is 2. The number of benzene rings is 1. The number of aryl methyl sites for hydroxylation is 3. The van der Waals surface area contributed by atoms with Gasteiger partial charge in [0.2, 0.25) is 0 Å². The normalized spacial score (nSPS) is 11.1. The molecule has 0 saturated heterocycles. The van der Waals surface area contributed by atoms with E-state index >= 15 is 0 Å². The Morgan fingerprint density at radius 1 is 1.27 bits per heavy atom. The number of anilines is 1. The number of methoxy groups -OCH3 is 1. The molecule has 1 amide bonds. The first-order chi connectivity index (χ1) is 12.4. The summed E-state index contributed by atoms with van der Waals surface area (Å²) in [5, 5.41) is 2.81. The SMILES string of the molecule is COCCn1c(C)cc(C)c(C(=O)Nc2ccc3nc(C)[nH]c3c2)c1=O. The lowest BCUT2D eigenvalue weighted by Gasteiger charge is -2.14. The third kappa shape index (κ3) is 3.39. The van der Waals surface area contributed by atoms with Crippen molar-refractivity contribution in [3.8, 4) is 0 Å². The number of hydrogen-bond acceptors (Lipinski definition) is 4. The summed E-state index contributed by atoms with van der Waals surface area (Å²) in [7, 11) is 1.58. The highest BCUT2D eigenvalue weighted by Gasteiger charge is 2.18. The number of hydrogen-bond donors (Lipinski definition) is 2. The number of amides is 1. The zero-order valence-corrected chi connectivity index (χ0v) is 15.3.